The van der Waals surface area contributed by atoms with Crippen molar-refractivity contribution in [2.75, 3.05) is 12.4 Å². The highest BCUT2D eigenvalue weighted by atomic mass is 32.2. The summed E-state index contributed by atoms with van der Waals surface area (Å²) < 4.78 is 85.4. The molecule has 4 aliphatic rings. The van der Waals surface area contributed by atoms with Crippen LogP contribution in [-0.4, -0.2) is 43.3 Å². The molecule has 0 spiro atoms. The number of rotatable bonds is 8. The molecule has 34 heavy (non-hydrogen) atoms. The minimum atomic E-state index is -4.95. The van der Waals surface area contributed by atoms with Crippen LogP contribution in [0.25, 0.3) is 0 Å². The van der Waals surface area contributed by atoms with Gasteiger partial charge in [0.25, 0.3) is 10.1 Å². The first-order chi connectivity index (χ1) is 15.8. The molecule has 0 heterocycles. The summed E-state index contributed by atoms with van der Waals surface area (Å²) in [6.07, 6.45) is 0.130. The maximum absolute atomic E-state index is 13.1. The van der Waals surface area contributed by atoms with Gasteiger partial charge >= 0.3 is 12.3 Å². The molecule has 5 rings (SSSR count). The zero-order chi connectivity index (χ0) is 24.9. The number of halogens is 3. The standard InChI is InChI=1S/C23H29F3O7S/c1-13(2)22(17-8-14-7-15(10-17)11-18(22)9-14)32-20-12-16(3-4-19(20)33-23(24,25)26)21(27)31-5-6-34(28,29)30/h3-4,12-15,17-18H,5-11H2,1-2H3,(H,28,29,30). The Kier molecular flexibility index (Phi) is 6.56. The molecule has 4 fully saturated rings. The summed E-state index contributed by atoms with van der Waals surface area (Å²) in [7, 11) is -4.33. The van der Waals surface area contributed by atoms with E-state index < -0.39 is 46.2 Å². The minimum absolute atomic E-state index is 0.0200. The van der Waals surface area contributed by atoms with E-state index in [2.05, 4.69) is 4.74 Å². The fourth-order valence-corrected chi connectivity index (χ4v) is 6.88. The van der Waals surface area contributed by atoms with Gasteiger partial charge in [-0.2, -0.15) is 8.42 Å². The Hall–Kier alpha value is -2.01. The average molecular weight is 507 g/mol. The van der Waals surface area contributed by atoms with Crippen molar-refractivity contribution in [2.45, 2.75) is 57.9 Å². The Morgan fingerprint density at radius 2 is 1.68 bits per heavy atom. The van der Waals surface area contributed by atoms with E-state index in [4.69, 9.17) is 14.0 Å². The van der Waals surface area contributed by atoms with Gasteiger partial charge in [-0.15, -0.1) is 13.2 Å². The van der Waals surface area contributed by atoms with E-state index in [1.54, 1.807) is 0 Å². The van der Waals surface area contributed by atoms with Crippen LogP contribution in [0.3, 0.4) is 0 Å². The Morgan fingerprint density at radius 1 is 1.09 bits per heavy atom. The second kappa shape index (κ2) is 8.89. The van der Waals surface area contributed by atoms with Crippen molar-refractivity contribution in [3.05, 3.63) is 23.8 Å². The maximum Gasteiger partial charge on any atom is 0.573 e. The molecule has 4 aliphatic carbocycles. The molecular weight excluding hydrogens is 477 g/mol. The predicted octanol–water partition coefficient (Wildman–Crippen LogP) is 4.86. The summed E-state index contributed by atoms with van der Waals surface area (Å²) in [6, 6.07) is 3.26. The molecule has 0 amide bonds. The van der Waals surface area contributed by atoms with Crippen LogP contribution in [0.15, 0.2) is 18.2 Å². The molecular formula is C23H29F3O7S. The summed E-state index contributed by atoms with van der Waals surface area (Å²) in [4.78, 5) is 12.4. The molecule has 1 N–H and O–H groups in total. The number of alkyl halides is 3. The lowest BCUT2D eigenvalue weighted by molar-refractivity contribution is -0.276. The molecule has 190 valence electrons. The third-order valence-electron chi connectivity index (χ3n) is 7.58. The SMILES string of the molecule is CC(C)C1(Oc2cc(C(=O)OCCS(=O)(=O)O)ccc2OC(F)(F)F)C2CC3CC(C2)CC1C3. The van der Waals surface area contributed by atoms with Gasteiger partial charge in [-0.1, -0.05) is 13.8 Å². The zero-order valence-corrected chi connectivity index (χ0v) is 19.8. The first-order valence-electron chi connectivity index (χ1n) is 11.5. The Bertz CT molecular complexity index is 1010. The largest absolute Gasteiger partial charge is 0.573 e. The quantitative estimate of drug-likeness (QED) is 0.397. The van der Waals surface area contributed by atoms with E-state index in [-0.39, 0.29) is 29.1 Å². The molecule has 0 unspecified atom stereocenters. The molecule has 0 saturated heterocycles. The molecule has 4 bridgehead atoms. The summed E-state index contributed by atoms with van der Waals surface area (Å²) >= 11 is 0. The highest BCUT2D eigenvalue weighted by Gasteiger charge is 2.60. The summed E-state index contributed by atoms with van der Waals surface area (Å²) in [6.45, 7) is 3.43. The van der Waals surface area contributed by atoms with E-state index in [1.807, 2.05) is 13.8 Å². The molecule has 1 aromatic rings. The molecule has 0 aromatic heterocycles. The number of hydrogen-bond acceptors (Lipinski definition) is 6. The number of esters is 1. The van der Waals surface area contributed by atoms with E-state index in [0.717, 1.165) is 43.9 Å². The Morgan fingerprint density at radius 3 is 2.18 bits per heavy atom. The normalized spacial score (nSPS) is 30.4. The van der Waals surface area contributed by atoms with E-state index in [1.165, 1.54) is 6.42 Å². The fourth-order valence-electron chi connectivity index (χ4n) is 6.59. The van der Waals surface area contributed by atoms with Gasteiger partial charge in [-0.3, -0.25) is 4.55 Å². The van der Waals surface area contributed by atoms with Crippen molar-refractivity contribution >= 4 is 16.1 Å². The third kappa shape index (κ3) is 5.15. The number of hydrogen-bond donors (Lipinski definition) is 1. The molecule has 4 saturated carbocycles. The van der Waals surface area contributed by atoms with Crippen molar-refractivity contribution < 1.29 is 45.1 Å². The zero-order valence-electron chi connectivity index (χ0n) is 19.0. The van der Waals surface area contributed by atoms with Gasteiger partial charge in [-0.05, 0) is 79.9 Å². The van der Waals surface area contributed by atoms with Gasteiger partial charge in [0.05, 0.1) is 5.56 Å². The van der Waals surface area contributed by atoms with Crippen LogP contribution in [0.4, 0.5) is 13.2 Å². The number of carbonyl (C=O) groups is 1. The van der Waals surface area contributed by atoms with Crippen molar-refractivity contribution in [3.8, 4) is 11.5 Å². The number of ether oxygens (including phenoxy) is 3. The molecule has 7 nitrogen and oxygen atoms in total. The fraction of sp³-hybridized carbons (Fsp3) is 0.696. The van der Waals surface area contributed by atoms with E-state index >= 15 is 0 Å². The van der Waals surface area contributed by atoms with Gasteiger partial charge in [0, 0.05) is 0 Å². The van der Waals surface area contributed by atoms with Gasteiger partial charge in [0.2, 0.25) is 0 Å². The average Bonchev–Trinajstić information content (AvgIpc) is 2.69. The summed E-state index contributed by atoms with van der Waals surface area (Å²) in [5, 5.41) is 0. The summed E-state index contributed by atoms with van der Waals surface area (Å²) in [5.74, 6) is -0.818. The van der Waals surface area contributed by atoms with E-state index in [0.29, 0.717) is 11.8 Å². The minimum Gasteiger partial charge on any atom is -0.483 e. The van der Waals surface area contributed by atoms with Crippen molar-refractivity contribution in [3.63, 3.8) is 0 Å². The number of carbonyl (C=O) groups excluding carboxylic acids is 1. The Balaban J connectivity index is 1.65. The van der Waals surface area contributed by atoms with Gasteiger partial charge in [0.15, 0.2) is 11.5 Å². The molecule has 11 heteroatoms. The first kappa shape index (κ1) is 25.1. The highest BCUT2D eigenvalue weighted by Crippen LogP contribution is 2.62. The van der Waals surface area contributed by atoms with Crippen LogP contribution in [-0.2, 0) is 14.9 Å². The monoisotopic (exact) mass is 506 g/mol. The summed E-state index contributed by atoms with van der Waals surface area (Å²) in [5.41, 5.74) is -0.785. The van der Waals surface area contributed by atoms with Gasteiger partial charge in [0.1, 0.15) is 18.0 Å². The predicted molar refractivity (Wildman–Crippen MR) is 115 cm³/mol. The molecule has 0 aliphatic heterocycles. The van der Waals surface area contributed by atoms with Gasteiger partial charge < -0.3 is 14.2 Å². The van der Waals surface area contributed by atoms with Crippen LogP contribution in [0, 0.1) is 29.6 Å². The van der Waals surface area contributed by atoms with Crippen LogP contribution in [0.1, 0.15) is 56.3 Å². The van der Waals surface area contributed by atoms with Crippen molar-refractivity contribution in [1.29, 1.82) is 0 Å². The maximum atomic E-state index is 13.1. The van der Waals surface area contributed by atoms with Crippen LogP contribution in [0.2, 0.25) is 0 Å². The van der Waals surface area contributed by atoms with E-state index in [9.17, 15) is 26.4 Å². The van der Waals surface area contributed by atoms with Crippen LogP contribution in [0.5, 0.6) is 11.5 Å². The number of benzene rings is 1. The van der Waals surface area contributed by atoms with Crippen LogP contribution < -0.4 is 9.47 Å². The van der Waals surface area contributed by atoms with Crippen LogP contribution >= 0.6 is 0 Å². The lowest BCUT2D eigenvalue weighted by atomic mass is 9.47. The molecule has 0 radical (unpaired) electrons. The first-order valence-corrected chi connectivity index (χ1v) is 13.1. The van der Waals surface area contributed by atoms with Crippen molar-refractivity contribution in [1.82, 2.24) is 0 Å². The lowest BCUT2D eigenvalue weighted by Crippen LogP contribution is -2.63. The second-order valence-electron chi connectivity index (χ2n) is 10.0. The lowest BCUT2D eigenvalue weighted by Gasteiger charge is -2.62. The Labute approximate surface area is 196 Å². The molecule has 0 atom stereocenters. The molecule has 1 aromatic carbocycles. The smallest absolute Gasteiger partial charge is 0.483 e. The third-order valence-corrected chi connectivity index (χ3v) is 8.27. The van der Waals surface area contributed by atoms with Crippen molar-refractivity contribution in [2.24, 2.45) is 29.6 Å². The second-order valence-corrected chi connectivity index (χ2v) is 11.6. The topological polar surface area (TPSA) is 99.1 Å². The highest BCUT2D eigenvalue weighted by molar-refractivity contribution is 7.85. The van der Waals surface area contributed by atoms with Gasteiger partial charge in [-0.25, -0.2) is 4.79 Å².